The van der Waals surface area contributed by atoms with Crippen molar-refractivity contribution in [3.63, 3.8) is 0 Å². The minimum Gasteiger partial charge on any atom is -0.0591 e. The predicted octanol–water partition coefficient (Wildman–Crippen LogP) is 5.17. The van der Waals surface area contributed by atoms with Crippen molar-refractivity contribution in [1.82, 2.24) is 0 Å². The maximum atomic E-state index is 2.63. The summed E-state index contributed by atoms with van der Waals surface area (Å²) in [5.74, 6) is 3.37. The quantitative estimate of drug-likeness (QED) is 0.602. The van der Waals surface area contributed by atoms with Crippen LogP contribution in [0.1, 0.15) is 77.6 Å². The first-order valence-electron chi connectivity index (χ1n) is 7.81. The zero-order valence-electron chi connectivity index (χ0n) is 11.0. The van der Waals surface area contributed by atoms with Gasteiger partial charge in [-0.15, -0.1) is 0 Å². The second-order valence-electron chi connectivity index (χ2n) is 7.05. The summed E-state index contributed by atoms with van der Waals surface area (Å²) < 4.78 is 0. The Morgan fingerprint density at radius 1 is 0.750 bits per heavy atom. The molecule has 2 unspecified atom stereocenters. The monoisotopic (exact) mass is 220 g/mol. The lowest BCUT2D eigenvalue weighted by Gasteiger charge is -2.31. The zero-order valence-corrected chi connectivity index (χ0v) is 11.0. The second kappa shape index (κ2) is 4.35. The van der Waals surface area contributed by atoms with E-state index in [1.54, 1.807) is 32.1 Å². The maximum absolute atomic E-state index is 2.63. The van der Waals surface area contributed by atoms with Gasteiger partial charge in [-0.05, 0) is 42.4 Å². The van der Waals surface area contributed by atoms with E-state index < -0.39 is 0 Å². The SMILES string of the molecule is CC1(C2CCCCC2)CC1C1CCCCC1. The van der Waals surface area contributed by atoms with Crippen LogP contribution in [0.3, 0.4) is 0 Å². The molecule has 3 aliphatic rings. The Kier molecular flexibility index (Phi) is 3.02. The van der Waals surface area contributed by atoms with Crippen molar-refractivity contribution < 1.29 is 0 Å². The Hall–Kier alpha value is 0. The van der Waals surface area contributed by atoms with E-state index >= 15 is 0 Å². The molecule has 0 saturated heterocycles. The molecule has 0 aromatic rings. The Morgan fingerprint density at radius 3 is 1.94 bits per heavy atom. The summed E-state index contributed by atoms with van der Waals surface area (Å²) in [4.78, 5) is 0. The van der Waals surface area contributed by atoms with Gasteiger partial charge >= 0.3 is 0 Å². The Bertz CT molecular complexity index is 232. The summed E-state index contributed by atoms with van der Waals surface area (Å²) in [7, 11) is 0. The van der Waals surface area contributed by atoms with Crippen LogP contribution < -0.4 is 0 Å². The number of rotatable bonds is 2. The fourth-order valence-corrected chi connectivity index (χ4v) is 4.89. The molecule has 0 spiro atoms. The van der Waals surface area contributed by atoms with E-state index in [2.05, 4.69) is 6.92 Å². The van der Waals surface area contributed by atoms with Crippen LogP contribution in [0.5, 0.6) is 0 Å². The van der Waals surface area contributed by atoms with Gasteiger partial charge in [0.25, 0.3) is 0 Å². The van der Waals surface area contributed by atoms with Gasteiger partial charge in [-0.25, -0.2) is 0 Å². The van der Waals surface area contributed by atoms with Crippen LogP contribution in [0.25, 0.3) is 0 Å². The van der Waals surface area contributed by atoms with E-state index in [0.29, 0.717) is 0 Å². The van der Waals surface area contributed by atoms with Crippen molar-refractivity contribution in [2.75, 3.05) is 0 Å². The summed E-state index contributed by atoms with van der Waals surface area (Å²) in [6.45, 7) is 2.63. The van der Waals surface area contributed by atoms with Gasteiger partial charge in [0.2, 0.25) is 0 Å². The third-order valence-electron chi connectivity index (χ3n) is 6.10. The molecule has 0 N–H and O–H groups in total. The van der Waals surface area contributed by atoms with Gasteiger partial charge in [0, 0.05) is 0 Å². The van der Waals surface area contributed by atoms with Crippen LogP contribution in [0, 0.1) is 23.2 Å². The van der Waals surface area contributed by atoms with E-state index in [9.17, 15) is 0 Å². The van der Waals surface area contributed by atoms with Gasteiger partial charge in [-0.1, -0.05) is 58.3 Å². The molecule has 0 nitrogen and oxygen atoms in total. The van der Waals surface area contributed by atoms with E-state index in [1.807, 2.05) is 0 Å². The van der Waals surface area contributed by atoms with Gasteiger partial charge in [0.15, 0.2) is 0 Å². The van der Waals surface area contributed by atoms with Crippen LogP contribution in [-0.4, -0.2) is 0 Å². The van der Waals surface area contributed by atoms with Gasteiger partial charge in [-0.3, -0.25) is 0 Å². The summed E-state index contributed by atoms with van der Waals surface area (Å²) in [5, 5.41) is 0. The lowest BCUT2D eigenvalue weighted by molar-refractivity contribution is 0.190. The molecule has 92 valence electrons. The van der Waals surface area contributed by atoms with Crippen LogP contribution >= 0.6 is 0 Å². The Labute approximate surface area is 101 Å². The van der Waals surface area contributed by atoms with Crippen LogP contribution in [-0.2, 0) is 0 Å². The number of hydrogen-bond donors (Lipinski definition) is 0. The highest BCUT2D eigenvalue weighted by atomic mass is 14.6. The summed E-state index contributed by atoms with van der Waals surface area (Å²) in [6.07, 6.45) is 17.0. The maximum Gasteiger partial charge on any atom is -0.0263 e. The Morgan fingerprint density at radius 2 is 1.31 bits per heavy atom. The van der Waals surface area contributed by atoms with Crippen molar-refractivity contribution in [1.29, 1.82) is 0 Å². The smallest absolute Gasteiger partial charge is 0.0263 e. The first-order valence-corrected chi connectivity index (χ1v) is 7.81. The molecule has 3 rings (SSSR count). The molecule has 0 radical (unpaired) electrons. The molecule has 0 heterocycles. The van der Waals surface area contributed by atoms with Crippen molar-refractivity contribution >= 4 is 0 Å². The van der Waals surface area contributed by atoms with Crippen molar-refractivity contribution in [2.45, 2.75) is 77.6 Å². The fourth-order valence-electron chi connectivity index (χ4n) is 4.89. The molecular weight excluding hydrogens is 192 g/mol. The lowest BCUT2D eigenvalue weighted by atomic mass is 9.74. The first kappa shape index (κ1) is 11.1. The molecule has 0 aromatic carbocycles. The molecule has 0 heteroatoms. The normalized spacial score (nSPS) is 42.2. The molecule has 3 aliphatic carbocycles. The lowest BCUT2D eigenvalue weighted by Crippen LogP contribution is -2.21. The average Bonchev–Trinajstić information content (AvgIpc) is 3.06. The molecule has 3 fully saturated rings. The highest BCUT2D eigenvalue weighted by Crippen LogP contribution is 2.65. The average molecular weight is 220 g/mol. The number of hydrogen-bond acceptors (Lipinski definition) is 0. The molecular formula is C16H28. The van der Waals surface area contributed by atoms with Crippen LogP contribution in [0.2, 0.25) is 0 Å². The van der Waals surface area contributed by atoms with Gasteiger partial charge in [0.1, 0.15) is 0 Å². The first-order chi connectivity index (χ1) is 7.81. The predicted molar refractivity (Wildman–Crippen MR) is 69.4 cm³/mol. The van der Waals surface area contributed by atoms with Crippen molar-refractivity contribution in [3.05, 3.63) is 0 Å². The fraction of sp³-hybridized carbons (Fsp3) is 1.00. The topological polar surface area (TPSA) is 0 Å². The van der Waals surface area contributed by atoms with Crippen LogP contribution in [0.15, 0.2) is 0 Å². The third-order valence-corrected chi connectivity index (χ3v) is 6.10. The highest BCUT2D eigenvalue weighted by molar-refractivity contribution is 5.06. The largest absolute Gasteiger partial charge is 0.0591 e. The molecule has 0 aliphatic heterocycles. The van der Waals surface area contributed by atoms with Gasteiger partial charge < -0.3 is 0 Å². The molecule has 0 bridgehead atoms. The summed E-state index contributed by atoms with van der Waals surface area (Å²) in [5.41, 5.74) is 0.794. The summed E-state index contributed by atoms with van der Waals surface area (Å²) >= 11 is 0. The summed E-state index contributed by atoms with van der Waals surface area (Å²) in [6, 6.07) is 0. The zero-order chi connectivity index (χ0) is 11.0. The molecule has 3 saturated carbocycles. The van der Waals surface area contributed by atoms with Crippen molar-refractivity contribution in [3.8, 4) is 0 Å². The minimum atomic E-state index is 0.794. The standard InChI is InChI=1S/C16H28/c1-16(14-10-6-3-7-11-14)12-15(16)13-8-4-2-5-9-13/h13-15H,2-12H2,1H3. The van der Waals surface area contributed by atoms with E-state index in [0.717, 1.165) is 23.2 Å². The molecule has 16 heavy (non-hydrogen) atoms. The van der Waals surface area contributed by atoms with Crippen LogP contribution in [0.4, 0.5) is 0 Å². The van der Waals surface area contributed by atoms with E-state index in [1.165, 1.54) is 38.5 Å². The molecule has 0 aromatic heterocycles. The van der Waals surface area contributed by atoms with Gasteiger partial charge in [-0.2, -0.15) is 0 Å². The minimum absolute atomic E-state index is 0.794. The molecule has 2 atom stereocenters. The van der Waals surface area contributed by atoms with Crippen molar-refractivity contribution in [2.24, 2.45) is 23.2 Å². The van der Waals surface area contributed by atoms with E-state index in [4.69, 9.17) is 0 Å². The Balaban J connectivity index is 1.59. The third kappa shape index (κ3) is 1.93. The van der Waals surface area contributed by atoms with E-state index in [-0.39, 0.29) is 0 Å². The molecule has 0 amide bonds. The second-order valence-corrected chi connectivity index (χ2v) is 7.05. The van der Waals surface area contributed by atoms with Gasteiger partial charge in [0.05, 0.1) is 0 Å². The highest BCUT2D eigenvalue weighted by Gasteiger charge is 2.57.